The van der Waals surface area contributed by atoms with Gasteiger partial charge < -0.3 is 5.11 Å². The second-order valence-electron chi connectivity index (χ2n) is 5.19. The molecular weight excluding hydrogens is 208 g/mol. The monoisotopic (exact) mass is 230 g/mol. The van der Waals surface area contributed by atoms with Crippen molar-refractivity contribution in [3.8, 4) is 0 Å². The molecule has 1 aliphatic rings. The summed E-state index contributed by atoms with van der Waals surface area (Å²) in [5.41, 5.74) is 4.95. The molecule has 0 aliphatic heterocycles. The van der Waals surface area contributed by atoms with Crippen LogP contribution < -0.4 is 0 Å². The average molecular weight is 230 g/mol. The second-order valence-corrected chi connectivity index (χ2v) is 5.19. The zero-order valence-corrected chi connectivity index (χ0v) is 10.9. The normalized spacial score (nSPS) is 17.7. The first kappa shape index (κ1) is 12.4. The molecule has 1 aliphatic carbocycles. The molecule has 0 radical (unpaired) electrons. The van der Waals surface area contributed by atoms with Crippen molar-refractivity contribution < 1.29 is 5.11 Å². The highest BCUT2D eigenvalue weighted by molar-refractivity contribution is 5.33. The van der Waals surface area contributed by atoms with E-state index in [9.17, 15) is 5.11 Å². The minimum absolute atomic E-state index is 0.334. The third kappa shape index (κ3) is 3.19. The molecule has 1 heteroatoms. The van der Waals surface area contributed by atoms with E-state index >= 15 is 0 Å². The molecule has 17 heavy (non-hydrogen) atoms. The van der Waals surface area contributed by atoms with Crippen molar-refractivity contribution in [2.75, 3.05) is 0 Å². The van der Waals surface area contributed by atoms with Crippen molar-refractivity contribution in [2.24, 2.45) is 0 Å². The lowest BCUT2D eigenvalue weighted by Crippen LogP contribution is -2.04. The van der Waals surface area contributed by atoms with E-state index in [0.29, 0.717) is 0 Å². The fraction of sp³-hybridized carbons (Fsp3) is 0.500. The minimum Gasteiger partial charge on any atom is -0.388 e. The summed E-state index contributed by atoms with van der Waals surface area (Å²) in [6, 6.07) is 6.32. The lowest BCUT2D eigenvalue weighted by atomic mass is 9.91. The zero-order valence-electron chi connectivity index (χ0n) is 10.9. The Morgan fingerprint density at radius 2 is 2.06 bits per heavy atom. The van der Waals surface area contributed by atoms with E-state index in [2.05, 4.69) is 38.1 Å². The van der Waals surface area contributed by atoms with Gasteiger partial charge in [0.15, 0.2) is 0 Å². The summed E-state index contributed by atoms with van der Waals surface area (Å²) >= 11 is 0. The van der Waals surface area contributed by atoms with Crippen molar-refractivity contribution in [1.82, 2.24) is 0 Å². The summed E-state index contributed by atoms with van der Waals surface area (Å²) in [6.45, 7) is 4.16. The van der Waals surface area contributed by atoms with E-state index in [4.69, 9.17) is 0 Å². The van der Waals surface area contributed by atoms with E-state index in [1.54, 1.807) is 0 Å². The fourth-order valence-corrected chi connectivity index (χ4v) is 2.57. The van der Waals surface area contributed by atoms with Gasteiger partial charge in [0.05, 0.1) is 6.10 Å². The molecule has 1 aromatic carbocycles. The Balaban J connectivity index is 2.10. The first-order valence-corrected chi connectivity index (χ1v) is 6.60. The highest BCUT2D eigenvalue weighted by atomic mass is 16.3. The Morgan fingerprint density at radius 3 is 2.76 bits per heavy atom. The summed E-state index contributed by atoms with van der Waals surface area (Å²) < 4.78 is 0. The van der Waals surface area contributed by atoms with Crippen LogP contribution in [0, 0.1) is 13.8 Å². The quantitative estimate of drug-likeness (QED) is 0.770. The number of aryl methyl sites for hydroxylation is 2. The van der Waals surface area contributed by atoms with Crippen LogP contribution in [0.1, 0.15) is 54.9 Å². The van der Waals surface area contributed by atoms with Gasteiger partial charge in [0, 0.05) is 0 Å². The molecule has 0 saturated carbocycles. The average Bonchev–Trinajstić information content (AvgIpc) is 2.33. The molecule has 0 saturated heterocycles. The van der Waals surface area contributed by atoms with Crippen LogP contribution in [-0.2, 0) is 0 Å². The lowest BCUT2D eigenvalue weighted by Gasteiger charge is -2.18. The van der Waals surface area contributed by atoms with Crippen LogP contribution in [0.3, 0.4) is 0 Å². The van der Waals surface area contributed by atoms with Gasteiger partial charge in [0.1, 0.15) is 0 Å². The van der Waals surface area contributed by atoms with E-state index in [1.165, 1.54) is 42.4 Å². The minimum atomic E-state index is -0.334. The first-order chi connectivity index (χ1) is 8.16. The highest BCUT2D eigenvalue weighted by Gasteiger charge is 2.14. The molecule has 2 rings (SSSR count). The van der Waals surface area contributed by atoms with Gasteiger partial charge in [-0.3, -0.25) is 0 Å². The number of rotatable bonds is 3. The standard InChI is InChI=1S/C16H22O/c1-12-8-9-13(2)15(10-12)16(17)11-14-6-4-3-5-7-14/h6,8-10,16-17H,3-5,7,11H2,1-2H3. The topological polar surface area (TPSA) is 20.2 Å². The smallest absolute Gasteiger partial charge is 0.0829 e. The van der Waals surface area contributed by atoms with Crippen molar-refractivity contribution in [2.45, 2.75) is 52.1 Å². The number of hydrogen-bond acceptors (Lipinski definition) is 1. The Bertz CT molecular complexity index is 418. The highest BCUT2D eigenvalue weighted by Crippen LogP contribution is 2.29. The molecule has 0 bridgehead atoms. The maximum atomic E-state index is 10.3. The first-order valence-electron chi connectivity index (χ1n) is 6.60. The van der Waals surface area contributed by atoms with Gasteiger partial charge in [-0.1, -0.05) is 35.4 Å². The Labute approximate surface area is 104 Å². The van der Waals surface area contributed by atoms with Crippen molar-refractivity contribution in [3.63, 3.8) is 0 Å². The zero-order chi connectivity index (χ0) is 12.3. The molecule has 1 N–H and O–H groups in total. The SMILES string of the molecule is Cc1ccc(C)c(C(O)CC2=CCCCC2)c1. The van der Waals surface area contributed by atoms with Gasteiger partial charge >= 0.3 is 0 Å². The van der Waals surface area contributed by atoms with Crippen molar-refractivity contribution >= 4 is 0 Å². The Morgan fingerprint density at radius 1 is 1.24 bits per heavy atom. The van der Waals surface area contributed by atoms with Crippen LogP contribution in [0.5, 0.6) is 0 Å². The van der Waals surface area contributed by atoms with Crippen LogP contribution in [-0.4, -0.2) is 5.11 Å². The molecule has 1 atom stereocenters. The summed E-state index contributed by atoms with van der Waals surface area (Å²) in [7, 11) is 0. The van der Waals surface area contributed by atoms with Crippen molar-refractivity contribution in [1.29, 1.82) is 0 Å². The summed E-state index contributed by atoms with van der Waals surface area (Å²) in [6.07, 6.45) is 7.74. The molecule has 1 unspecified atom stereocenters. The van der Waals surface area contributed by atoms with Gasteiger partial charge in [0.25, 0.3) is 0 Å². The predicted molar refractivity (Wildman–Crippen MR) is 72.0 cm³/mol. The van der Waals surface area contributed by atoms with E-state index in [-0.39, 0.29) is 6.10 Å². The van der Waals surface area contributed by atoms with E-state index in [1.807, 2.05) is 0 Å². The second kappa shape index (κ2) is 5.50. The molecular formula is C16H22O. The van der Waals surface area contributed by atoms with Crippen LogP contribution >= 0.6 is 0 Å². The molecule has 0 spiro atoms. The van der Waals surface area contributed by atoms with Crippen LogP contribution in [0.2, 0.25) is 0 Å². The number of hydrogen-bond donors (Lipinski definition) is 1. The summed E-state index contributed by atoms with van der Waals surface area (Å²) in [5, 5.41) is 10.3. The van der Waals surface area contributed by atoms with Gasteiger partial charge in [-0.15, -0.1) is 0 Å². The van der Waals surface area contributed by atoms with Crippen LogP contribution in [0.25, 0.3) is 0 Å². The van der Waals surface area contributed by atoms with Crippen LogP contribution in [0.15, 0.2) is 29.8 Å². The largest absolute Gasteiger partial charge is 0.388 e. The van der Waals surface area contributed by atoms with E-state index in [0.717, 1.165) is 12.0 Å². The molecule has 0 amide bonds. The Kier molecular flexibility index (Phi) is 4.01. The third-order valence-corrected chi connectivity index (χ3v) is 3.63. The van der Waals surface area contributed by atoms with Crippen molar-refractivity contribution in [3.05, 3.63) is 46.5 Å². The molecule has 0 fully saturated rings. The molecule has 92 valence electrons. The molecule has 1 aromatic rings. The number of aliphatic hydroxyl groups is 1. The van der Waals surface area contributed by atoms with E-state index < -0.39 is 0 Å². The summed E-state index contributed by atoms with van der Waals surface area (Å²) in [5.74, 6) is 0. The van der Waals surface area contributed by atoms with Gasteiger partial charge in [-0.05, 0) is 57.1 Å². The van der Waals surface area contributed by atoms with Gasteiger partial charge in [-0.2, -0.15) is 0 Å². The Hall–Kier alpha value is -1.08. The number of aliphatic hydroxyl groups excluding tert-OH is 1. The molecule has 0 aromatic heterocycles. The van der Waals surface area contributed by atoms with Crippen LogP contribution in [0.4, 0.5) is 0 Å². The maximum absolute atomic E-state index is 10.3. The predicted octanol–water partition coefficient (Wildman–Crippen LogP) is 4.23. The van der Waals surface area contributed by atoms with Gasteiger partial charge in [0.2, 0.25) is 0 Å². The fourth-order valence-electron chi connectivity index (χ4n) is 2.57. The maximum Gasteiger partial charge on any atom is 0.0829 e. The van der Waals surface area contributed by atoms with Gasteiger partial charge in [-0.25, -0.2) is 0 Å². The molecule has 0 heterocycles. The third-order valence-electron chi connectivity index (χ3n) is 3.63. The molecule has 1 nitrogen and oxygen atoms in total. The number of allylic oxidation sites excluding steroid dienone is 1. The lowest BCUT2D eigenvalue weighted by molar-refractivity contribution is 0.175. The summed E-state index contributed by atoms with van der Waals surface area (Å²) in [4.78, 5) is 0. The number of benzene rings is 1.